The molecule has 0 saturated heterocycles. The summed E-state index contributed by atoms with van der Waals surface area (Å²) >= 11 is 1.57. The summed E-state index contributed by atoms with van der Waals surface area (Å²) in [6, 6.07) is 0. The topological polar surface area (TPSA) is 26.3 Å². The summed E-state index contributed by atoms with van der Waals surface area (Å²) < 4.78 is 5.89. The average Bonchev–Trinajstić information content (AvgIpc) is 1.82. The average molecular weight is 192 g/mol. The molecule has 0 aliphatic carbocycles. The monoisotopic (exact) mass is 192 g/mol. The van der Waals surface area contributed by atoms with Gasteiger partial charge in [-0.2, -0.15) is 0 Å². The van der Waals surface area contributed by atoms with Gasteiger partial charge in [0.05, 0.1) is 21.1 Å². The van der Waals surface area contributed by atoms with E-state index in [9.17, 15) is 4.79 Å². The van der Waals surface area contributed by atoms with Gasteiger partial charge in [-0.05, 0) is 6.26 Å². The zero-order valence-electron chi connectivity index (χ0n) is 8.46. The van der Waals surface area contributed by atoms with E-state index in [0.717, 1.165) is 11.0 Å². The fraction of sp³-hybridized carbons (Fsp3) is 0.875. The molecule has 0 aromatic rings. The minimum absolute atomic E-state index is 0.0255. The lowest BCUT2D eigenvalue weighted by Gasteiger charge is -2.27. The molecule has 0 aromatic heterocycles. The van der Waals surface area contributed by atoms with Crippen molar-refractivity contribution in [1.29, 1.82) is 0 Å². The molecule has 72 valence electrons. The fourth-order valence-corrected chi connectivity index (χ4v) is 1.62. The number of carbonyl (C=O) groups is 1. The minimum Gasteiger partial charge on any atom is -0.445 e. The summed E-state index contributed by atoms with van der Waals surface area (Å²) in [4.78, 5) is 10.7. The molecule has 0 saturated carbocycles. The summed E-state index contributed by atoms with van der Waals surface area (Å²) in [6.07, 6.45) is 1.95. The SMILES string of the molecule is CSC(C[N+](C)(C)C)OC(C)=O. The van der Waals surface area contributed by atoms with Gasteiger partial charge in [-0.3, -0.25) is 4.79 Å². The largest absolute Gasteiger partial charge is 0.445 e. The number of carbonyl (C=O) groups excluding carboxylic acids is 1. The molecule has 1 unspecified atom stereocenters. The Morgan fingerprint density at radius 1 is 1.50 bits per heavy atom. The quantitative estimate of drug-likeness (QED) is 0.377. The van der Waals surface area contributed by atoms with Crippen LogP contribution in [0.4, 0.5) is 0 Å². The molecule has 0 aromatic carbocycles. The van der Waals surface area contributed by atoms with Gasteiger partial charge in [0.2, 0.25) is 0 Å². The van der Waals surface area contributed by atoms with Gasteiger partial charge < -0.3 is 9.22 Å². The second-order valence-electron chi connectivity index (χ2n) is 3.75. The van der Waals surface area contributed by atoms with Gasteiger partial charge >= 0.3 is 5.97 Å². The van der Waals surface area contributed by atoms with Crippen molar-refractivity contribution in [2.24, 2.45) is 0 Å². The van der Waals surface area contributed by atoms with Crippen LogP contribution in [0.25, 0.3) is 0 Å². The van der Waals surface area contributed by atoms with Gasteiger partial charge in [-0.1, -0.05) is 0 Å². The molecular formula is C8H18NO2S+. The molecular weight excluding hydrogens is 174 g/mol. The van der Waals surface area contributed by atoms with Crippen molar-refractivity contribution in [1.82, 2.24) is 0 Å². The molecule has 4 heteroatoms. The van der Waals surface area contributed by atoms with Crippen LogP contribution in [0, 0.1) is 0 Å². The van der Waals surface area contributed by atoms with Crippen LogP contribution >= 0.6 is 11.8 Å². The maximum atomic E-state index is 10.7. The van der Waals surface area contributed by atoms with Crippen molar-refractivity contribution >= 4 is 17.7 Å². The Hall–Kier alpha value is -0.220. The van der Waals surface area contributed by atoms with Crippen LogP contribution < -0.4 is 0 Å². The first-order valence-electron chi connectivity index (χ1n) is 3.85. The number of ether oxygens (including phenoxy) is 1. The number of hydrogen-bond donors (Lipinski definition) is 0. The minimum atomic E-state index is -0.206. The highest BCUT2D eigenvalue weighted by molar-refractivity contribution is 7.99. The number of esters is 1. The molecule has 12 heavy (non-hydrogen) atoms. The standard InChI is InChI=1S/C8H18NO2S/c1-7(10)11-8(12-5)6-9(2,3)4/h8H,6H2,1-5H3/q+1. The molecule has 0 N–H and O–H groups in total. The molecule has 0 bridgehead atoms. The fourth-order valence-electron chi connectivity index (χ4n) is 0.792. The zero-order chi connectivity index (χ0) is 9.78. The van der Waals surface area contributed by atoms with Crippen LogP contribution in [-0.2, 0) is 9.53 Å². The highest BCUT2D eigenvalue weighted by atomic mass is 32.2. The van der Waals surface area contributed by atoms with Crippen molar-refractivity contribution in [2.45, 2.75) is 12.4 Å². The van der Waals surface area contributed by atoms with E-state index in [1.807, 2.05) is 6.26 Å². The lowest BCUT2D eigenvalue weighted by Crippen LogP contribution is -2.41. The van der Waals surface area contributed by atoms with Crippen LogP contribution in [0.15, 0.2) is 0 Å². The van der Waals surface area contributed by atoms with Gasteiger partial charge in [-0.25, -0.2) is 0 Å². The second-order valence-corrected chi connectivity index (χ2v) is 4.74. The number of thioether (sulfide) groups is 1. The lowest BCUT2D eigenvalue weighted by molar-refractivity contribution is -0.871. The number of likely N-dealkylation sites (N-methyl/N-ethyl adjacent to an activating group) is 1. The van der Waals surface area contributed by atoms with Gasteiger partial charge in [0.25, 0.3) is 0 Å². The van der Waals surface area contributed by atoms with Gasteiger partial charge in [0.15, 0.2) is 5.44 Å². The maximum Gasteiger partial charge on any atom is 0.303 e. The van der Waals surface area contributed by atoms with E-state index in [-0.39, 0.29) is 11.4 Å². The Balaban J connectivity index is 3.92. The lowest BCUT2D eigenvalue weighted by atomic mass is 10.5. The number of hydrogen-bond acceptors (Lipinski definition) is 3. The Bertz CT molecular complexity index is 154. The third-order valence-electron chi connectivity index (χ3n) is 1.26. The summed E-state index contributed by atoms with van der Waals surface area (Å²) in [5.41, 5.74) is -0.0255. The van der Waals surface area contributed by atoms with Crippen LogP contribution in [0.5, 0.6) is 0 Å². The summed E-state index contributed by atoms with van der Waals surface area (Å²) in [5.74, 6) is -0.206. The van der Waals surface area contributed by atoms with Crippen LogP contribution in [0.3, 0.4) is 0 Å². The molecule has 1 atom stereocenters. The van der Waals surface area contributed by atoms with Gasteiger partial charge in [0, 0.05) is 6.92 Å². The number of rotatable bonds is 4. The number of nitrogens with zero attached hydrogens (tertiary/aromatic N) is 1. The predicted octanol–water partition coefficient (Wildman–Crippen LogP) is 0.945. The summed E-state index contributed by atoms with van der Waals surface area (Å²) in [6.45, 7) is 2.28. The van der Waals surface area contributed by atoms with Crippen molar-refractivity contribution in [3.63, 3.8) is 0 Å². The molecule has 0 radical (unpaired) electrons. The smallest absolute Gasteiger partial charge is 0.303 e. The molecule has 0 aliphatic rings. The van der Waals surface area contributed by atoms with Crippen LogP contribution in [0.1, 0.15) is 6.92 Å². The molecule has 0 amide bonds. The molecule has 0 heterocycles. The van der Waals surface area contributed by atoms with Crippen molar-refractivity contribution in [3.05, 3.63) is 0 Å². The van der Waals surface area contributed by atoms with Gasteiger partial charge in [0.1, 0.15) is 6.54 Å². The second kappa shape index (κ2) is 4.72. The summed E-state index contributed by atoms with van der Waals surface area (Å²) in [7, 11) is 6.23. The Labute approximate surface area is 78.7 Å². The highest BCUT2D eigenvalue weighted by Crippen LogP contribution is 2.11. The van der Waals surface area contributed by atoms with Crippen molar-refractivity contribution < 1.29 is 14.0 Å². The normalized spacial score (nSPS) is 14.1. The van der Waals surface area contributed by atoms with Crippen LogP contribution in [0.2, 0.25) is 0 Å². The molecule has 0 spiro atoms. The Morgan fingerprint density at radius 3 is 2.25 bits per heavy atom. The van der Waals surface area contributed by atoms with E-state index < -0.39 is 0 Å². The predicted molar refractivity (Wildman–Crippen MR) is 52.0 cm³/mol. The number of quaternary nitrogens is 1. The van der Waals surface area contributed by atoms with Crippen molar-refractivity contribution in [3.8, 4) is 0 Å². The zero-order valence-corrected chi connectivity index (χ0v) is 9.27. The summed E-state index contributed by atoms with van der Waals surface area (Å²) in [5, 5.41) is 0. The first-order valence-corrected chi connectivity index (χ1v) is 5.14. The van der Waals surface area contributed by atoms with E-state index >= 15 is 0 Å². The third kappa shape index (κ3) is 6.49. The molecule has 0 aliphatic heterocycles. The maximum absolute atomic E-state index is 10.7. The van der Waals surface area contributed by atoms with Gasteiger partial charge in [-0.15, -0.1) is 11.8 Å². The van der Waals surface area contributed by atoms with E-state index in [4.69, 9.17) is 4.74 Å². The van der Waals surface area contributed by atoms with E-state index in [1.54, 1.807) is 11.8 Å². The third-order valence-corrected chi connectivity index (χ3v) is 2.03. The molecule has 0 rings (SSSR count). The van der Waals surface area contributed by atoms with E-state index in [0.29, 0.717) is 0 Å². The van der Waals surface area contributed by atoms with E-state index in [1.165, 1.54) is 6.92 Å². The Kier molecular flexibility index (Phi) is 4.63. The molecule has 3 nitrogen and oxygen atoms in total. The highest BCUT2D eigenvalue weighted by Gasteiger charge is 2.19. The molecule has 0 fully saturated rings. The first kappa shape index (κ1) is 11.8. The van der Waals surface area contributed by atoms with Crippen molar-refractivity contribution in [2.75, 3.05) is 33.9 Å². The first-order chi connectivity index (χ1) is 5.35. The van der Waals surface area contributed by atoms with E-state index in [2.05, 4.69) is 21.1 Å². The Morgan fingerprint density at radius 2 is 2.00 bits per heavy atom. The van der Waals surface area contributed by atoms with Crippen LogP contribution in [-0.4, -0.2) is 49.8 Å².